The zero-order valence-corrected chi connectivity index (χ0v) is 15.2. The van der Waals surface area contributed by atoms with Crippen molar-refractivity contribution in [2.24, 2.45) is 0 Å². The lowest BCUT2D eigenvalue weighted by molar-refractivity contribution is -0.132. The number of amides is 1. The molecule has 2 saturated heterocycles. The molecule has 0 aliphatic carbocycles. The van der Waals surface area contributed by atoms with Gasteiger partial charge in [-0.25, -0.2) is 0 Å². The maximum absolute atomic E-state index is 12.5. The third kappa shape index (κ3) is 3.34. The number of nitrogens with zero attached hydrogens (tertiary/aromatic N) is 4. The summed E-state index contributed by atoms with van der Waals surface area (Å²) in [6.45, 7) is 4.07. The molecule has 1 aromatic carbocycles. The van der Waals surface area contributed by atoms with E-state index in [1.165, 1.54) is 11.3 Å². The van der Waals surface area contributed by atoms with Gasteiger partial charge in [0.15, 0.2) is 0 Å². The van der Waals surface area contributed by atoms with Crippen LogP contribution in [0.4, 0.5) is 5.69 Å². The van der Waals surface area contributed by atoms with Crippen molar-refractivity contribution in [1.29, 1.82) is 5.26 Å². The molecule has 0 spiro atoms. The first kappa shape index (κ1) is 17.1. The van der Waals surface area contributed by atoms with Crippen LogP contribution in [0.25, 0.3) is 6.08 Å². The molecule has 4 rings (SSSR count). The van der Waals surface area contributed by atoms with Crippen LogP contribution in [0.2, 0.25) is 0 Å². The standard InChI is InChI=1S/C21H26N4O/c22-15-19-7-4-12-25(19)21(26)16-23-13-9-18(10-14-23)24-11-3-6-17-5-1-2-8-20(17)24/h1-3,5-6,8,18-19H,4,7,9-14,16H2/t19-/m0/s1. The predicted octanol–water partition coefficient (Wildman–Crippen LogP) is 2.50. The summed E-state index contributed by atoms with van der Waals surface area (Å²) in [6.07, 6.45) is 8.39. The number of hydrogen-bond acceptors (Lipinski definition) is 4. The topological polar surface area (TPSA) is 50.6 Å². The highest BCUT2D eigenvalue weighted by Gasteiger charge is 2.31. The van der Waals surface area contributed by atoms with E-state index in [1.807, 2.05) is 0 Å². The average molecular weight is 350 g/mol. The van der Waals surface area contributed by atoms with Crippen LogP contribution in [0.1, 0.15) is 31.2 Å². The fourth-order valence-corrected chi connectivity index (χ4v) is 4.50. The van der Waals surface area contributed by atoms with Crippen molar-refractivity contribution in [2.45, 2.75) is 37.8 Å². The van der Waals surface area contributed by atoms with Crippen LogP contribution in [0.15, 0.2) is 30.3 Å². The Labute approximate surface area is 155 Å². The van der Waals surface area contributed by atoms with Crippen LogP contribution < -0.4 is 4.90 Å². The van der Waals surface area contributed by atoms with Crippen LogP contribution >= 0.6 is 0 Å². The zero-order valence-electron chi connectivity index (χ0n) is 15.2. The molecule has 0 radical (unpaired) electrons. The fraction of sp³-hybridized carbons (Fsp3) is 0.524. The van der Waals surface area contributed by atoms with E-state index in [1.54, 1.807) is 4.90 Å². The second-order valence-corrected chi connectivity index (χ2v) is 7.50. The summed E-state index contributed by atoms with van der Waals surface area (Å²) >= 11 is 0. The molecule has 5 nitrogen and oxygen atoms in total. The Balaban J connectivity index is 1.33. The van der Waals surface area contributed by atoms with Gasteiger partial charge in [-0.2, -0.15) is 5.26 Å². The van der Waals surface area contributed by atoms with Gasteiger partial charge >= 0.3 is 0 Å². The quantitative estimate of drug-likeness (QED) is 0.840. The average Bonchev–Trinajstić information content (AvgIpc) is 3.17. The zero-order chi connectivity index (χ0) is 17.9. The molecule has 3 aliphatic heterocycles. The van der Waals surface area contributed by atoms with Crippen LogP contribution in [-0.4, -0.2) is 60.5 Å². The van der Waals surface area contributed by atoms with Crippen molar-refractivity contribution >= 4 is 17.7 Å². The molecular weight excluding hydrogens is 324 g/mol. The highest BCUT2D eigenvalue weighted by atomic mass is 16.2. The summed E-state index contributed by atoms with van der Waals surface area (Å²) in [5.41, 5.74) is 2.63. The first-order valence-corrected chi connectivity index (χ1v) is 9.70. The van der Waals surface area contributed by atoms with E-state index in [0.717, 1.165) is 51.9 Å². The molecule has 1 amide bonds. The summed E-state index contributed by atoms with van der Waals surface area (Å²) in [5, 5.41) is 9.18. The molecule has 0 bridgehead atoms. The maximum atomic E-state index is 12.5. The Bertz CT molecular complexity index is 730. The molecule has 26 heavy (non-hydrogen) atoms. The van der Waals surface area contributed by atoms with Crippen LogP contribution in [0.3, 0.4) is 0 Å². The van der Waals surface area contributed by atoms with Crippen LogP contribution in [0, 0.1) is 11.3 Å². The van der Waals surface area contributed by atoms with E-state index in [-0.39, 0.29) is 11.9 Å². The highest BCUT2D eigenvalue weighted by molar-refractivity contribution is 5.79. The van der Waals surface area contributed by atoms with Crippen LogP contribution in [-0.2, 0) is 4.79 Å². The molecule has 3 aliphatic rings. The molecule has 0 unspecified atom stereocenters. The minimum absolute atomic E-state index is 0.124. The summed E-state index contributed by atoms with van der Waals surface area (Å²) in [7, 11) is 0. The Hall–Kier alpha value is -2.32. The number of carbonyl (C=O) groups is 1. The van der Waals surface area contributed by atoms with Gasteiger partial charge in [-0.3, -0.25) is 9.69 Å². The normalized spacial score (nSPS) is 23.7. The van der Waals surface area contributed by atoms with Crippen molar-refractivity contribution in [1.82, 2.24) is 9.80 Å². The monoisotopic (exact) mass is 350 g/mol. The molecule has 3 heterocycles. The van der Waals surface area contributed by atoms with Gasteiger partial charge in [0.05, 0.1) is 12.6 Å². The van der Waals surface area contributed by atoms with E-state index in [2.05, 4.69) is 52.3 Å². The van der Waals surface area contributed by atoms with Crippen molar-refractivity contribution < 1.29 is 4.79 Å². The van der Waals surface area contributed by atoms with Gasteiger partial charge in [0.25, 0.3) is 0 Å². The number of piperidine rings is 1. The molecule has 0 saturated carbocycles. The van der Waals surface area contributed by atoms with Crippen molar-refractivity contribution in [3.05, 3.63) is 35.9 Å². The lowest BCUT2D eigenvalue weighted by Gasteiger charge is -2.41. The highest BCUT2D eigenvalue weighted by Crippen LogP contribution is 2.30. The first-order valence-electron chi connectivity index (χ1n) is 9.70. The van der Waals surface area contributed by atoms with E-state index in [9.17, 15) is 10.1 Å². The number of carbonyl (C=O) groups excluding carboxylic acids is 1. The molecule has 1 aromatic rings. The van der Waals surface area contributed by atoms with Gasteiger partial charge in [0, 0.05) is 37.9 Å². The summed E-state index contributed by atoms with van der Waals surface area (Å²) in [5.74, 6) is 0.124. The summed E-state index contributed by atoms with van der Waals surface area (Å²) in [4.78, 5) is 19.1. The number of hydrogen-bond donors (Lipinski definition) is 0. The van der Waals surface area contributed by atoms with Gasteiger partial charge in [-0.1, -0.05) is 30.4 Å². The van der Waals surface area contributed by atoms with Crippen LogP contribution in [0.5, 0.6) is 0 Å². The summed E-state index contributed by atoms with van der Waals surface area (Å²) < 4.78 is 0. The SMILES string of the molecule is N#C[C@@H]1CCCN1C(=O)CN1CCC(N2CC=Cc3ccccc32)CC1. The maximum Gasteiger partial charge on any atom is 0.237 e. The lowest BCUT2D eigenvalue weighted by Crippen LogP contribution is -2.49. The number of benzene rings is 1. The number of fused-ring (bicyclic) bond motifs is 1. The van der Waals surface area contributed by atoms with Gasteiger partial charge in [0.1, 0.15) is 6.04 Å². The first-order chi connectivity index (χ1) is 12.8. The molecule has 2 fully saturated rings. The minimum atomic E-state index is -0.211. The number of anilines is 1. The van der Waals surface area contributed by atoms with E-state index >= 15 is 0 Å². The van der Waals surface area contributed by atoms with Gasteiger partial charge in [-0.15, -0.1) is 0 Å². The second-order valence-electron chi connectivity index (χ2n) is 7.50. The lowest BCUT2D eigenvalue weighted by atomic mass is 9.99. The van der Waals surface area contributed by atoms with E-state index < -0.39 is 0 Å². The predicted molar refractivity (Wildman–Crippen MR) is 103 cm³/mol. The Morgan fingerprint density at radius 1 is 1.15 bits per heavy atom. The smallest absolute Gasteiger partial charge is 0.237 e. The van der Waals surface area contributed by atoms with Gasteiger partial charge in [-0.05, 0) is 37.3 Å². The Morgan fingerprint density at radius 2 is 1.96 bits per heavy atom. The van der Waals surface area contributed by atoms with Gasteiger partial charge < -0.3 is 9.80 Å². The van der Waals surface area contributed by atoms with E-state index in [0.29, 0.717) is 12.6 Å². The van der Waals surface area contributed by atoms with Crippen molar-refractivity contribution in [3.63, 3.8) is 0 Å². The third-order valence-corrected chi connectivity index (χ3v) is 5.92. The minimum Gasteiger partial charge on any atom is -0.364 e. The molecule has 5 heteroatoms. The third-order valence-electron chi connectivity index (χ3n) is 5.92. The molecular formula is C21H26N4O. The van der Waals surface area contributed by atoms with E-state index in [4.69, 9.17) is 0 Å². The second kappa shape index (κ2) is 7.51. The molecule has 0 N–H and O–H groups in total. The number of nitriles is 1. The van der Waals surface area contributed by atoms with Crippen molar-refractivity contribution in [2.75, 3.05) is 37.6 Å². The number of rotatable bonds is 3. The Kier molecular flexibility index (Phi) is 4.94. The fourth-order valence-electron chi connectivity index (χ4n) is 4.50. The number of likely N-dealkylation sites (tertiary alicyclic amines) is 2. The largest absolute Gasteiger partial charge is 0.364 e. The van der Waals surface area contributed by atoms with Crippen molar-refractivity contribution in [3.8, 4) is 6.07 Å². The summed E-state index contributed by atoms with van der Waals surface area (Å²) in [6, 6.07) is 11.2. The molecule has 0 aromatic heterocycles. The molecule has 136 valence electrons. The van der Waals surface area contributed by atoms with Gasteiger partial charge in [0.2, 0.25) is 5.91 Å². The molecule has 1 atom stereocenters. The number of para-hydroxylation sites is 1. The Morgan fingerprint density at radius 3 is 2.77 bits per heavy atom.